The third-order valence-electron chi connectivity index (χ3n) is 6.20. The predicted molar refractivity (Wildman–Crippen MR) is 129 cm³/mol. The summed E-state index contributed by atoms with van der Waals surface area (Å²) in [6.45, 7) is 0.382. The Balaban J connectivity index is 1.65. The van der Waals surface area contributed by atoms with Gasteiger partial charge in [0, 0.05) is 18.5 Å². The number of hydrogen-bond donors (Lipinski definition) is 1. The molecule has 3 aromatic rings. The molecule has 4 rings (SSSR count). The van der Waals surface area contributed by atoms with Crippen LogP contribution in [-0.2, 0) is 33.9 Å². The highest BCUT2D eigenvalue weighted by atomic mass is 19.4. The van der Waals surface area contributed by atoms with Crippen LogP contribution in [0.15, 0.2) is 72.8 Å². The lowest BCUT2D eigenvalue weighted by Crippen LogP contribution is -2.50. The number of rotatable bonds is 8. The molecule has 1 aliphatic rings. The van der Waals surface area contributed by atoms with Gasteiger partial charge in [0.1, 0.15) is 25.0 Å². The third-order valence-corrected chi connectivity index (χ3v) is 6.20. The molecule has 37 heavy (non-hydrogen) atoms. The van der Waals surface area contributed by atoms with Gasteiger partial charge in [-0.05, 0) is 29.2 Å². The summed E-state index contributed by atoms with van der Waals surface area (Å²) < 4.78 is 50.0. The summed E-state index contributed by atoms with van der Waals surface area (Å²) >= 11 is 0. The molecule has 1 amide bonds. The minimum Gasteiger partial charge on any atom is -0.488 e. The van der Waals surface area contributed by atoms with E-state index < -0.39 is 36.8 Å². The molecule has 1 N–H and O–H groups in total. The van der Waals surface area contributed by atoms with Crippen LogP contribution in [0, 0.1) is 6.92 Å². The number of carboxylic acids is 1. The molecule has 3 aromatic carbocycles. The van der Waals surface area contributed by atoms with Crippen LogP contribution in [0.25, 0.3) is 0 Å². The van der Waals surface area contributed by atoms with E-state index >= 15 is 0 Å². The summed E-state index contributed by atoms with van der Waals surface area (Å²) in [5.74, 6) is -1.56. The number of amides is 1. The van der Waals surface area contributed by atoms with Crippen molar-refractivity contribution in [3.63, 3.8) is 0 Å². The topological polar surface area (TPSA) is 76.1 Å². The van der Waals surface area contributed by atoms with Gasteiger partial charge in [-0.1, -0.05) is 72.8 Å². The Morgan fingerprint density at radius 1 is 1.03 bits per heavy atom. The first kappa shape index (κ1) is 26.2. The van der Waals surface area contributed by atoms with Crippen molar-refractivity contribution in [2.45, 2.75) is 44.8 Å². The van der Waals surface area contributed by atoms with Gasteiger partial charge in [0.05, 0.1) is 0 Å². The van der Waals surface area contributed by atoms with Crippen molar-refractivity contribution in [3.8, 4) is 5.75 Å². The zero-order valence-electron chi connectivity index (χ0n) is 20.1. The number of carboxylic acid groups (broad SMARTS) is 1. The predicted octanol–water partition coefficient (Wildman–Crippen LogP) is 5.23. The van der Waals surface area contributed by atoms with Crippen LogP contribution in [0.4, 0.5) is 13.2 Å². The van der Waals surface area contributed by atoms with E-state index in [4.69, 9.17) is 9.47 Å². The minimum absolute atomic E-state index is 0.0526. The first-order chi connectivity index (χ1) is 17.6. The molecule has 6 nitrogen and oxygen atoms in total. The molecule has 1 aliphatic heterocycles. The number of hydrogen-bond acceptors (Lipinski definition) is 4. The lowest BCUT2D eigenvalue weighted by atomic mass is 9.90. The van der Waals surface area contributed by atoms with Crippen LogP contribution >= 0.6 is 0 Å². The number of alkyl halides is 3. The van der Waals surface area contributed by atoms with Gasteiger partial charge in [0.2, 0.25) is 0 Å². The maximum absolute atomic E-state index is 13.5. The summed E-state index contributed by atoms with van der Waals surface area (Å²) in [6.07, 6.45) is -6.31. The second kappa shape index (κ2) is 11.0. The van der Waals surface area contributed by atoms with Crippen LogP contribution < -0.4 is 4.74 Å². The average molecular weight is 514 g/mol. The van der Waals surface area contributed by atoms with Crippen molar-refractivity contribution in [3.05, 3.63) is 101 Å². The van der Waals surface area contributed by atoms with E-state index in [2.05, 4.69) is 0 Å². The van der Waals surface area contributed by atoms with Gasteiger partial charge >= 0.3 is 12.1 Å². The molecular weight excluding hydrogens is 487 g/mol. The molecule has 0 aliphatic carbocycles. The Labute approximate surface area is 212 Å². The van der Waals surface area contributed by atoms with Crippen molar-refractivity contribution in [1.82, 2.24) is 4.90 Å². The van der Waals surface area contributed by atoms with E-state index in [1.54, 1.807) is 24.3 Å². The molecule has 2 atom stereocenters. The molecule has 9 heteroatoms. The number of nitrogens with zero attached hydrogens (tertiary/aromatic N) is 1. The van der Waals surface area contributed by atoms with Crippen LogP contribution in [0.2, 0.25) is 0 Å². The van der Waals surface area contributed by atoms with Gasteiger partial charge in [-0.15, -0.1) is 0 Å². The third kappa shape index (κ3) is 6.29. The number of ether oxygens (including phenoxy) is 2. The summed E-state index contributed by atoms with van der Waals surface area (Å²) in [4.78, 5) is 26.9. The van der Waals surface area contributed by atoms with Gasteiger partial charge in [-0.2, -0.15) is 13.2 Å². The summed E-state index contributed by atoms with van der Waals surface area (Å²) in [6, 6.07) is 19.6. The minimum atomic E-state index is -4.66. The van der Waals surface area contributed by atoms with E-state index in [1.807, 2.05) is 43.3 Å². The molecule has 0 bridgehead atoms. The maximum atomic E-state index is 13.5. The normalized spacial score (nSPS) is 16.1. The number of benzene rings is 3. The van der Waals surface area contributed by atoms with Crippen LogP contribution in [0.3, 0.4) is 0 Å². The van der Waals surface area contributed by atoms with Crippen molar-refractivity contribution >= 4 is 11.9 Å². The Hall–Kier alpha value is -3.85. The van der Waals surface area contributed by atoms with Gasteiger partial charge in [-0.3, -0.25) is 4.79 Å². The average Bonchev–Trinajstić information content (AvgIpc) is 2.88. The highest BCUT2D eigenvalue weighted by molar-refractivity contribution is 5.88. The summed E-state index contributed by atoms with van der Waals surface area (Å²) in [5.41, 5.74) is 3.30. The molecule has 0 radical (unpaired) electrons. The van der Waals surface area contributed by atoms with Crippen molar-refractivity contribution < 1.29 is 37.3 Å². The standard InChI is InChI=1S/C28H26F3NO5/c1-18-12-13-21-15-32(26(33)25(37-17-28(29,30)31)20-10-6-3-7-11-20)23(27(34)35)14-22(21)24(18)36-16-19-8-4-2-5-9-19/h2-13,23,25H,14-17H2,1H3,(H,34,35)/t23-,25+/m0/s1. The Kier molecular flexibility index (Phi) is 7.83. The molecule has 0 fully saturated rings. The van der Waals surface area contributed by atoms with Crippen molar-refractivity contribution in [2.75, 3.05) is 6.61 Å². The fourth-order valence-electron chi connectivity index (χ4n) is 4.40. The smallest absolute Gasteiger partial charge is 0.411 e. The number of carbonyl (C=O) groups is 2. The zero-order valence-corrected chi connectivity index (χ0v) is 20.1. The number of aryl methyl sites for hydroxylation is 1. The molecule has 194 valence electrons. The van der Waals surface area contributed by atoms with Crippen LogP contribution in [0.5, 0.6) is 5.75 Å². The molecule has 0 saturated carbocycles. The Morgan fingerprint density at radius 3 is 2.30 bits per heavy atom. The van der Waals surface area contributed by atoms with E-state index in [0.717, 1.165) is 16.0 Å². The van der Waals surface area contributed by atoms with Crippen molar-refractivity contribution in [2.24, 2.45) is 0 Å². The van der Waals surface area contributed by atoms with E-state index in [1.165, 1.54) is 12.1 Å². The molecule has 0 aromatic heterocycles. The first-order valence-corrected chi connectivity index (χ1v) is 11.7. The molecule has 0 saturated heterocycles. The fourth-order valence-corrected chi connectivity index (χ4v) is 4.40. The van der Waals surface area contributed by atoms with Gasteiger partial charge in [-0.25, -0.2) is 4.79 Å². The Morgan fingerprint density at radius 2 is 1.68 bits per heavy atom. The summed E-state index contributed by atoms with van der Waals surface area (Å²) in [7, 11) is 0. The van der Waals surface area contributed by atoms with Gasteiger partial charge < -0.3 is 19.5 Å². The van der Waals surface area contributed by atoms with E-state index in [0.29, 0.717) is 16.9 Å². The van der Waals surface area contributed by atoms with E-state index in [9.17, 15) is 27.9 Å². The number of aliphatic carboxylic acids is 1. The molecule has 0 spiro atoms. The lowest BCUT2D eigenvalue weighted by Gasteiger charge is -2.37. The monoisotopic (exact) mass is 513 g/mol. The van der Waals surface area contributed by atoms with Crippen LogP contribution in [-0.4, -0.2) is 40.7 Å². The fraction of sp³-hybridized carbons (Fsp3) is 0.286. The molecule has 0 unspecified atom stereocenters. The zero-order chi connectivity index (χ0) is 26.6. The van der Waals surface area contributed by atoms with Gasteiger partial charge in [0.15, 0.2) is 6.10 Å². The SMILES string of the molecule is Cc1ccc2c(c1OCc1ccccc1)C[C@@H](C(=O)O)N(C(=O)[C@H](OCC(F)(F)F)c1ccccc1)C2. The molecule has 1 heterocycles. The van der Waals surface area contributed by atoms with Crippen LogP contribution in [0.1, 0.15) is 33.9 Å². The maximum Gasteiger partial charge on any atom is 0.411 e. The highest BCUT2D eigenvalue weighted by Crippen LogP contribution is 2.36. The highest BCUT2D eigenvalue weighted by Gasteiger charge is 2.41. The Bertz CT molecular complexity index is 1250. The number of halogens is 3. The van der Waals surface area contributed by atoms with Crippen molar-refractivity contribution in [1.29, 1.82) is 0 Å². The van der Waals surface area contributed by atoms with Gasteiger partial charge in [0.25, 0.3) is 5.91 Å². The first-order valence-electron chi connectivity index (χ1n) is 11.7. The number of carbonyl (C=O) groups excluding carboxylic acids is 1. The summed E-state index contributed by atoms with van der Waals surface area (Å²) in [5, 5.41) is 10.0. The largest absolute Gasteiger partial charge is 0.488 e. The second-order valence-electron chi connectivity index (χ2n) is 8.86. The molecular formula is C28H26F3NO5. The second-order valence-corrected chi connectivity index (χ2v) is 8.86. The number of fused-ring (bicyclic) bond motifs is 1. The lowest BCUT2D eigenvalue weighted by molar-refractivity contribution is -0.193. The van der Waals surface area contributed by atoms with E-state index in [-0.39, 0.29) is 25.1 Å². The quantitative estimate of drug-likeness (QED) is 0.446.